The van der Waals surface area contributed by atoms with Crippen molar-refractivity contribution in [1.82, 2.24) is 0 Å². The molecule has 0 aliphatic heterocycles. The summed E-state index contributed by atoms with van der Waals surface area (Å²) in [5.74, 6) is -2.69. The van der Waals surface area contributed by atoms with Crippen LogP contribution in [0.5, 0.6) is 0 Å². The van der Waals surface area contributed by atoms with Gasteiger partial charge in [0, 0.05) is 16.8 Å². The maximum Gasteiger partial charge on any atom is 1.00 e. The van der Waals surface area contributed by atoms with Crippen LogP contribution in [0.1, 0.15) is 49.2 Å². The summed E-state index contributed by atoms with van der Waals surface area (Å²) in [5.41, 5.74) is 3.66. The summed E-state index contributed by atoms with van der Waals surface area (Å²) >= 11 is 0. The van der Waals surface area contributed by atoms with Gasteiger partial charge in [0.05, 0.1) is 33.6 Å². The quantitative estimate of drug-likeness (QED) is 0.323. The second-order valence-corrected chi connectivity index (χ2v) is 6.85. The van der Waals surface area contributed by atoms with Gasteiger partial charge in [0.1, 0.15) is 0 Å². The Morgan fingerprint density at radius 2 is 1.53 bits per heavy atom. The van der Waals surface area contributed by atoms with Gasteiger partial charge in [-0.2, -0.15) is 13.2 Å². The van der Waals surface area contributed by atoms with Crippen molar-refractivity contribution in [3.63, 3.8) is 0 Å². The Hall–Kier alpha value is -3.14. The van der Waals surface area contributed by atoms with Crippen LogP contribution in [0.3, 0.4) is 0 Å². The summed E-state index contributed by atoms with van der Waals surface area (Å²) in [6.45, 7) is 0. The number of carboxylic acid groups (broad SMARTS) is 1. The number of benzene rings is 3. The van der Waals surface area contributed by atoms with Crippen molar-refractivity contribution in [2.75, 3.05) is 11.1 Å². The summed E-state index contributed by atoms with van der Waals surface area (Å²) in [4.78, 5) is 37.9. The van der Waals surface area contributed by atoms with Crippen molar-refractivity contribution in [3.05, 3.63) is 88.0 Å². The Bertz CT molecular complexity index is 1300. The number of rotatable bonds is 3. The number of ketones is 2. The van der Waals surface area contributed by atoms with Gasteiger partial charge in [0.2, 0.25) is 0 Å². The van der Waals surface area contributed by atoms with E-state index in [1.807, 2.05) is 0 Å². The van der Waals surface area contributed by atoms with Gasteiger partial charge < -0.3 is 17.6 Å². The normalized spacial score (nSPS) is 12.5. The van der Waals surface area contributed by atoms with Gasteiger partial charge in [0.15, 0.2) is 11.6 Å². The SMILES string of the molecule is Nc1c(C(=O)O)cc(Nc2cccc(C(F)(F)F)c2)c2c1C(=O)c1ccccc1C2=O.[H-].[Na+]. The number of carbonyl (C=O) groups is 3. The fourth-order valence-electron chi connectivity index (χ4n) is 3.52. The van der Waals surface area contributed by atoms with Crippen molar-refractivity contribution < 1.29 is 63.6 Å². The minimum absolute atomic E-state index is 0. The number of carboxylic acids is 1. The first kappa shape index (κ1) is 23.5. The first-order valence-corrected chi connectivity index (χ1v) is 8.92. The maximum absolute atomic E-state index is 13.1. The van der Waals surface area contributed by atoms with Gasteiger partial charge in [-0.15, -0.1) is 0 Å². The molecule has 0 fully saturated rings. The molecule has 0 saturated carbocycles. The minimum Gasteiger partial charge on any atom is -1.00 e. The second kappa shape index (κ2) is 8.42. The smallest absolute Gasteiger partial charge is 1.00 e. The molecule has 0 amide bonds. The molecule has 4 N–H and O–H groups in total. The van der Waals surface area contributed by atoms with E-state index in [1.165, 1.54) is 18.2 Å². The standard InChI is InChI=1S/C22H13F3N2O4.Na.H/c23-22(24,25)10-4-3-5-11(8-10)27-15-9-14(21(30)31)18(26)17-16(15)19(28)12-6-1-2-7-13(12)20(17)29;;/h1-9,27H,26H2,(H,30,31);;/q;+1;-1. The molecule has 1 aliphatic rings. The fraction of sp³-hybridized carbons (Fsp3) is 0.0455. The molecule has 0 aromatic heterocycles. The van der Waals surface area contributed by atoms with E-state index in [2.05, 4.69) is 5.32 Å². The van der Waals surface area contributed by atoms with Crippen LogP contribution >= 0.6 is 0 Å². The number of carbonyl (C=O) groups excluding carboxylic acids is 2. The molecule has 0 atom stereocenters. The molecule has 3 aromatic carbocycles. The molecule has 0 unspecified atom stereocenters. The van der Waals surface area contributed by atoms with Gasteiger partial charge >= 0.3 is 41.7 Å². The van der Waals surface area contributed by atoms with E-state index in [-0.39, 0.29) is 70.3 Å². The van der Waals surface area contributed by atoms with Crippen molar-refractivity contribution in [2.45, 2.75) is 6.18 Å². The Kier molecular flexibility index (Phi) is 6.19. The molecule has 0 radical (unpaired) electrons. The summed E-state index contributed by atoms with van der Waals surface area (Å²) in [5, 5.41) is 12.2. The Morgan fingerprint density at radius 3 is 2.09 bits per heavy atom. The van der Waals surface area contributed by atoms with E-state index in [0.29, 0.717) is 0 Å². The van der Waals surface area contributed by atoms with Gasteiger partial charge in [0.25, 0.3) is 0 Å². The molecule has 0 saturated heterocycles. The van der Waals surface area contributed by atoms with Crippen LogP contribution in [-0.2, 0) is 6.18 Å². The molecule has 0 spiro atoms. The predicted octanol–water partition coefficient (Wildman–Crippen LogP) is 1.62. The molecule has 0 heterocycles. The Balaban J connectivity index is 0.00000193. The average Bonchev–Trinajstić information content (AvgIpc) is 2.72. The summed E-state index contributed by atoms with van der Waals surface area (Å²) in [6.07, 6.45) is -4.60. The molecule has 3 aromatic rings. The largest absolute Gasteiger partial charge is 1.00 e. The van der Waals surface area contributed by atoms with Crippen LogP contribution in [0, 0.1) is 0 Å². The van der Waals surface area contributed by atoms with E-state index < -0.39 is 34.8 Å². The van der Waals surface area contributed by atoms with Crippen LogP contribution in [0.4, 0.5) is 30.2 Å². The average molecular weight is 450 g/mol. The number of aromatic carboxylic acids is 1. The molecule has 1 aliphatic carbocycles. The third kappa shape index (κ3) is 3.90. The van der Waals surface area contributed by atoms with Crippen LogP contribution in [0.2, 0.25) is 0 Å². The Morgan fingerprint density at radius 1 is 0.938 bits per heavy atom. The van der Waals surface area contributed by atoms with Gasteiger partial charge in [-0.05, 0) is 24.3 Å². The summed E-state index contributed by atoms with van der Waals surface area (Å²) in [7, 11) is 0. The molecule has 4 rings (SSSR count). The molecular formula is C22H14F3N2NaO4. The van der Waals surface area contributed by atoms with Crippen LogP contribution < -0.4 is 40.6 Å². The molecule has 158 valence electrons. The molecular weight excluding hydrogens is 436 g/mol. The third-order valence-corrected chi connectivity index (χ3v) is 4.94. The first-order valence-electron chi connectivity index (χ1n) is 8.92. The number of nitrogens with one attached hydrogen (secondary N) is 1. The zero-order valence-corrected chi connectivity index (χ0v) is 18.6. The monoisotopic (exact) mass is 450 g/mol. The van der Waals surface area contributed by atoms with Gasteiger partial charge in [-0.1, -0.05) is 30.3 Å². The van der Waals surface area contributed by atoms with Crippen molar-refractivity contribution in [2.24, 2.45) is 0 Å². The zero-order chi connectivity index (χ0) is 22.5. The maximum atomic E-state index is 13.1. The van der Waals surface area contributed by atoms with Gasteiger partial charge in [-0.3, -0.25) is 9.59 Å². The van der Waals surface area contributed by atoms with E-state index in [0.717, 1.165) is 24.3 Å². The molecule has 0 bridgehead atoms. The molecule has 10 heteroatoms. The number of anilines is 3. The van der Waals surface area contributed by atoms with E-state index in [9.17, 15) is 32.7 Å². The number of halogens is 3. The number of hydrogen-bond donors (Lipinski definition) is 3. The number of nitrogen functional groups attached to an aromatic ring is 1. The molecule has 32 heavy (non-hydrogen) atoms. The predicted molar refractivity (Wildman–Crippen MR) is 107 cm³/mol. The number of hydrogen-bond acceptors (Lipinski definition) is 5. The second-order valence-electron chi connectivity index (χ2n) is 6.85. The van der Waals surface area contributed by atoms with E-state index >= 15 is 0 Å². The number of nitrogens with two attached hydrogens (primary N) is 1. The fourth-order valence-corrected chi connectivity index (χ4v) is 3.52. The van der Waals surface area contributed by atoms with Crippen LogP contribution in [0.15, 0.2) is 54.6 Å². The topological polar surface area (TPSA) is 109 Å². The minimum atomic E-state index is -4.60. The molecule has 6 nitrogen and oxygen atoms in total. The van der Waals surface area contributed by atoms with Crippen molar-refractivity contribution in [1.29, 1.82) is 0 Å². The first-order chi connectivity index (χ1) is 14.6. The van der Waals surface area contributed by atoms with Crippen LogP contribution in [-0.4, -0.2) is 22.6 Å². The van der Waals surface area contributed by atoms with E-state index in [4.69, 9.17) is 5.73 Å². The van der Waals surface area contributed by atoms with Crippen molar-refractivity contribution >= 4 is 34.6 Å². The van der Waals surface area contributed by atoms with Gasteiger partial charge in [-0.25, -0.2) is 4.79 Å². The van der Waals surface area contributed by atoms with E-state index in [1.54, 1.807) is 12.1 Å². The van der Waals surface area contributed by atoms with Crippen molar-refractivity contribution in [3.8, 4) is 0 Å². The van der Waals surface area contributed by atoms with Crippen LogP contribution in [0.25, 0.3) is 0 Å². The number of alkyl halides is 3. The summed E-state index contributed by atoms with van der Waals surface area (Å²) in [6, 6.07) is 11.2. The summed E-state index contributed by atoms with van der Waals surface area (Å²) < 4.78 is 39.2. The number of fused-ring (bicyclic) bond motifs is 2. The Labute approximate surface area is 203 Å². The zero-order valence-electron chi connectivity index (χ0n) is 17.6. The third-order valence-electron chi connectivity index (χ3n) is 4.94.